The van der Waals surface area contributed by atoms with Crippen LogP contribution in [0.15, 0.2) is 0 Å². The first kappa shape index (κ1) is 15.8. The highest BCUT2D eigenvalue weighted by Crippen LogP contribution is 2.24. The minimum atomic E-state index is -0.952. The van der Waals surface area contributed by atoms with Crippen molar-refractivity contribution in [3.63, 3.8) is 0 Å². The average molecular weight is 270 g/mol. The van der Waals surface area contributed by atoms with E-state index in [1.54, 1.807) is 4.90 Å². The lowest BCUT2D eigenvalue weighted by atomic mass is 9.92. The van der Waals surface area contributed by atoms with E-state index >= 15 is 0 Å². The second-order valence-electron chi connectivity index (χ2n) is 5.48. The number of hydrogen-bond donors (Lipinski definition) is 2. The van der Waals surface area contributed by atoms with Gasteiger partial charge in [0.15, 0.2) is 0 Å². The first-order valence-electron chi connectivity index (χ1n) is 7.29. The maximum absolute atomic E-state index is 12.2. The Morgan fingerprint density at radius 2 is 2.05 bits per heavy atom. The molecule has 1 fully saturated rings. The van der Waals surface area contributed by atoms with E-state index in [0.717, 1.165) is 32.2 Å². The summed E-state index contributed by atoms with van der Waals surface area (Å²) in [6.07, 6.45) is 4.43. The number of urea groups is 1. The smallest absolute Gasteiger partial charge is 0.326 e. The van der Waals surface area contributed by atoms with Crippen molar-refractivity contribution in [2.75, 3.05) is 6.54 Å². The van der Waals surface area contributed by atoms with Gasteiger partial charge in [-0.15, -0.1) is 0 Å². The second-order valence-corrected chi connectivity index (χ2v) is 5.48. The fraction of sp³-hybridized carbons (Fsp3) is 0.857. The van der Waals surface area contributed by atoms with Crippen molar-refractivity contribution < 1.29 is 14.7 Å². The monoisotopic (exact) mass is 270 g/mol. The van der Waals surface area contributed by atoms with E-state index in [1.165, 1.54) is 0 Å². The molecule has 19 heavy (non-hydrogen) atoms. The molecule has 2 N–H and O–H groups in total. The third kappa shape index (κ3) is 4.40. The van der Waals surface area contributed by atoms with Crippen molar-refractivity contribution in [2.24, 2.45) is 5.92 Å². The maximum atomic E-state index is 12.2. The molecule has 2 amide bonds. The standard InChI is InChI=1S/C14H26N2O3/c1-4-6-12(13(17)18)15-14(19)16-9-11(5-2)8-7-10(16)3/h10-12H,4-9H2,1-3H3,(H,15,19)(H,17,18)/t10?,11?,12-/m1/s1. The summed E-state index contributed by atoms with van der Waals surface area (Å²) in [5, 5.41) is 11.7. The molecule has 5 nitrogen and oxygen atoms in total. The molecule has 0 radical (unpaired) electrons. The van der Waals surface area contributed by atoms with Gasteiger partial charge in [-0.3, -0.25) is 0 Å². The molecule has 0 aromatic carbocycles. The predicted octanol–water partition coefficient (Wildman–Crippen LogP) is 2.46. The highest BCUT2D eigenvalue weighted by molar-refractivity contribution is 5.82. The molecule has 3 atom stereocenters. The van der Waals surface area contributed by atoms with E-state index in [9.17, 15) is 9.59 Å². The normalized spacial score (nSPS) is 24.9. The van der Waals surface area contributed by atoms with Gasteiger partial charge in [-0.05, 0) is 32.1 Å². The molecule has 0 spiro atoms. The molecule has 1 aliphatic heterocycles. The van der Waals surface area contributed by atoms with E-state index in [2.05, 4.69) is 12.2 Å². The van der Waals surface area contributed by atoms with E-state index in [0.29, 0.717) is 12.3 Å². The van der Waals surface area contributed by atoms with Crippen LogP contribution in [0.3, 0.4) is 0 Å². The zero-order valence-corrected chi connectivity index (χ0v) is 12.2. The van der Waals surface area contributed by atoms with E-state index in [-0.39, 0.29) is 12.1 Å². The quantitative estimate of drug-likeness (QED) is 0.806. The first-order valence-corrected chi connectivity index (χ1v) is 7.29. The van der Waals surface area contributed by atoms with Crippen molar-refractivity contribution in [3.8, 4) is 0 Å². The van der Waals surface area contributed by atoms with Crippen molar-refractivity contribution in [1.82, 2.24) is 10.2 Å². The van der Waals surface area contributed by atoms with E-state index < -0.39 is 12.0 Å². The fourth-order valence-corrected chi connectivity index (χ4v) is 2.58. The molecule has 0 aromatic heterocycles. The third-order valence-corrected chi connectivity index (χ3v) is 3.99. The number of carboxylic acids is 1. The van der Waals surface area contributed by atoms with Crippen LogP contribution in [0.4, 0.5) is 4.79 Å². The number of hydrogen-bond acceptors (Lipinski definition) is 2. The number of piperidine rings is 1. The third-order valence-electron chi connectivity index (χ3n) is 3.99. The lowest BCUT2D eigenvalue weighted by molar-refractivity contribution is -0.139. The number of carbonyl (C=O) groups is 2. The van der Waals surface area contributed by atoms with Crippen molar-refractivity contribution in [3.05, 3.63) is 0 Å². The van der Waals surface area contributed by atoms with Crippen LogP contribution in [0.25, 0.3) is 0 Å². The number of aliphatic carboxylic acids is 1. The largest absolute Gasteiger partial charge is 0.480 e. The summed E-state index contributed by atoms with van der Waals surface area (Å²) in [7, 11) is 0. The Hall–Kier alpha value is -1.26. The average Bonchev–Trinajstić information content (AvgIpc) is 2.38. The molecule has 110 valence electrons. The van der Waals surface area contributed by atoms with Gasteiger partial charge in [-0.1, -0.05) is 26.7 Å². The highest BCUT2D eigenvalue weighted by Gasteiger charge is 2.30. The highest BCUT2D eigenvalue weighted by atomic mass is 16.4. The molecule has 1 heterocycles. The van der Waals surface area contributed by atoms with Crippen molar-refractivity contribution >= 4 is 12.0 Å². The first-order chi connectivity index (χ1) is 8.99. The Morgan fingerprint density at radius 1 is 1.37 bits per heavy atom. The molecule has 0 aromatic rings. The number of nitrogens with zero attached hydrogens (tertiary/aromatic N) is 1. The maximum Gasteiger partial charge on any atom is 0.326 e. The zero-order valence-electron chi connectivity index (χ0n) is 12.2. The number of carboxylic acid groups (broad SMARTS) is 1. The fourth-order valence-electron chi connectivity index (χ4n) is 2.58. The number of amides is 2. The topological polar surface area (TPSA) is 69.6 Å². The van der Waals surface area contributed by atoms with Gasteiger partial charge in [-0.2, -0.15) is 0 Å². The lowest BCUT2D eigenvalue weighted by Gasteiger charge is -2.38. The van der Waals surface area contributed by atoms with Crippen molar-refractivity contribution in [2.45, 2.75) is 65.0 Å². The molecular weight excluding hydrogens is 244 g/mol. The van der Waals surface area contributed by atoms with Gasteiger partial charge in [0, 0.05) is 12.6 Å². The van der Waals surface area contributed by atoms with Crippen LogP contribution in [0.5, 0.6) is 0 Å². The number of likely N-dealkylation sites (tertiary alicyclic amines) is 1. The number of carbonyl (C=O) groups excluding carboxylic acids is 1. The lowest BCUT2D eigenvalue weighted by Crippen LogP contribution is -2.53. The summed E-state index contributed by atoms with van der Waals surface area (Å²) in [4.78, 5) is 25.1. The minimum absolute atomic E-state index is 0.193. The SMILES string of the molecule is CCC[C@@H](NC(=O)N1CC(CC)CCC1C)C(=O)O. The van der Waals surface area contributed by atoms with Gasteiger partial charge in [-0.25, -0.2) is 9.59 Å². The summed E-state index contributed by atoms with van der Waals surface area (Å²) in [6.45, 7) is 6.82. The van der Waals surface area contributed by atoms with Crippen LogP contribution < -0.4 is 5.32 Å². The number of rotatable bonds is 5. The van der Waals surface area contributed by atoms with Gasteiger partial charge in [0.25, 0.3) is 0 Å². The molecule has 0 bridgehead atoms. The zero-order chi connectivity index (χ0) is 14.4. The Bertz CT molecular complexity index is 320. The van der Waals surface area contributed by atoms with E-state index in [1.807, 2.05) is 13.8 Å². The summed E-state index contributed by atoms with van der Waals surface area (Å²) in [5.41, 5.74) is 0. The number of nitrogens with one attached hydrogen (secondary N) is 1. The van der Waals surface area contributed by atoms with Gasteiger partial charge in [0.2, 0.25) is 0 Å². The van der Waals surface area contributed by atoms with Gasteiger partial charge in [0.1, 0.15) is 6.04 Å². The Balaban J connectivity index is 2.61. The summed E-state index contributed by atoms with van der Waals surface area (Å²) in [5.74, 6) is -0.414. The molecule has 1 aliphatic rings. The summed E-state index contributed by atoms with van der Waals surface area (Å²) in [6, 6.07) is -0.808. The summed E-state index contributed by atoms with van der Waals surface area (Å²) >= 11 is 0. The molecule has 2 unspecified atom stereocenters. The van der Waals surface area contributed by atoms with Crippen LogP contribution >= 0.6 is 0 Å². The van der Waals surface area contributed by atoms with Crippen LogP contribution in [-0.2, 0) is 4.79 Å². The van der Waals surface area contributed by atoms with Gasteiger partial charge in [0.05, 0.1) is 0 Å². The van der Waals surface area contributed by atoms with Crippen LogP contribution in [0.1, 0.15) is 52.9 Å². The van der Waals surface area contributed by atoms with Crippen LogP contribution in [0.2, 0.25) is 0 Å². The predicted molar refractivity (Wildman–Crippen MR) is 74.0 cm³/mol. The molecular formula is C14H26N2O3. The molecule has 1 saturated heterocycles. The molecule has 1 rings (SSSR count). The van der Waals surface area contributed by atoms with Crippen molar-refractivity contribution in [1.29, 1.82) is 0 Å². The second kappa shape index (κ2) is 7.36. The van der Waals surface area contributed by atoms with Gasteiger partial charge < -0.3 is 15.3 Å². The Labute approximate surface area is 115 Å². The molecule has 0 aliphatic carbocycles. The Morgan fingerprint density at radius 3 is 2.58 bits per heavy atom. The van der Waals surface area contributed by atoms with E-state index in [4.69, 9.17) is 5.11 Å². The molecule has 5 heteroatoms. The minimum Gasteiger partial charge on any atom is -0.480 e. The summed E-state index contributed by atoms with van der Waals surface area (Å²) < 4.78 is 0. The Kier molecular flexibility index (Phi) is 6.12. The molecule has 0 saturated carbocycles. The van der Waals surface area contributed by atoms with Crippen LogP contribution in [-0.4, -0.2) is 40.6 Å². The van der Waals surface area contributed by atoms with Gasteiger partial charge >= 0.3 is 12.0 Å². The van der Waals surface area contributed by atoms with Crippen LogP contribution in [0, 0.1) is 5.92 Å².